The molecule has 8 rings (SSSR count). The fraction of sp³-hybridized carbons (Fsp3) is 0.372. The lowest BCUT2D eigenvalue weighted by atomic mass is 9.84. The Hall–Kier alpha value is -5.51. The number of aromatic nitrogens is 2. The number of oxazole rings is 2. The van der Waals surface area contributed by atoms with Crippen molar-refractivity contribution in [3.63, 3.8) is 0 Å². The summed E-state index contributed by atoms with van der Waals surface area (Å²) in [4.78, 5) is 24.1. The third-order valence-electron chi connectivity index (χ3n) is 11.1. The second kappa shape index (κ2) is 15.7. The van der Waals surface area contributed by atoms with Crippen molar-refractivity contribution >= 4 is 28.2 Å². The summed E-state index contributed by atoms with van der Waals surface area (Å²) in [5.41, 5.74) is 6.03. The number of alkyl halides is 4. The maximum absolute atomic E-state index is 13.5. The van der Waals surface area contributed by atoms with Gasteiger partial charge in [-0.25, -0.2) is 9.97 Å². The number of carbonyl (C=O) groups excluding carboxylic acids is 1. The first-order valence-electron chi connectivity index (χ1n) is 19.0. The largest absolute Gasteiger partial charge is 0.460 e. The molecule has 2 fully saturated rings. The topological polar surface area (TPSA) is 132 Å². The van der Waals surface area contributed by atoms with Crippen molar-refractivity contribution in [1.82, 2.24) is 20.2 Å². The number of aliphatic hydroxyl groups is 1. The summed E-state index contributed by atoms with van der Waals surface area (Å²) in [5, 5.41) is 13.4. The molecule has 0 saturated carbocycles. The Morgan fingerprint density at radius 3 is 1.86 bits per heavy atom. The number of hydrogen-bond acceptors (Lipinski definition) is 11. The van der Waals surface area contributed by atoms with Crippen LogP contribution in [0, 0.1) is 19.8 Å². The van der Waals surface area contributed by atoms with Gasteiger partial charge in [0.15, 0.2) is 11.2 Å². The van der Waals surface area contributed by atoms with Crippen LogP contribution in [0.2, 0.25) is 0 Å². The highest BCUT2D eigenvalue weighted by atomic mass is 19.3. The molecule has 0 aliphatic carbocycles. The molecule has 4 aromatic carbocycles. The molecule has 0 unspecified atom stereocenters. The lowest BCUT2D eigenvalue weighted by Crippen LogP contribution is -2.55. The summed E-state index contributed by atoms with van der Waals surface area (Å²) in [6.45, 7) is 3.24. The molecule has 2 N–H and O–H groups in total. The van der Waals surface area contributed by atoms with E-state index in [1.165, 1.54) is 18.2 Å². The average molecular weight is 803 g/mol. The number of halogens is 4. The highest BCUT2D eigenvalue weighted by Crippen LogP contribution is 2.40. The number of hydrogen-bond donors (Lipinski definition) is 2. The number of fused-ring (bicyclic) bond motifs is 2. The lowest BCUT2D eigenvalue weighted by Gasteiger charge is -2.45. The van der Waals surface area contributed by atoms with E-state index in [1.807, 2.05) is 50.2 Å². The van der Waals surface area contributed by atoms with Gasteiger partial charge in [0.25, 0.3) is 0 Å². The Balaban J connectivity index is 1.09. The van der Waals surface area contributed by atoms with Gasteiger partial charge in [-0.2, -0.15) is 17.6 Å². The molecule has 0 radical (unpaired) electrons. The molecule has 1 atom stereocenters. The van der Waals surface area contributed by atoms with Gasteiger partial charge in [-0.1, -0.05) is 24.3 Å². The minimum atomic E-state index is -3.11. The summed E-state index contributed by atoms with van der Waals surface area (Å²) in [6.07, 6.45) is 1.48. The van der Waals surface area contributed by atoms with Crippen molar-refractivity contribution in [3.8, 4) is 45.5 Å². The van der Waals surface area contributed by atoms with Crippen molar-refractivity contribution in [2.75, 3.05) is 19.6 Å². The molecule has 11 nitrogen and oxygen atoms in total. The van der Waals surface area contributed by atoms with Crippen LogP contribution in [0.5, 0.6) is 11.5 Å². The first kappa shape index (κ1) is 39.3. The molecule has 0 bridgehead atoms. The summed E-state index contributed by atoms with van der Waals surface area (Å²) >= 11 is 0. The number of nitrogens with one attached hydrogen (secondary N) is 1. The van der Waals surface area contributed by atoms with Gasteiger partial charge < -0.3 is 33.5 Å². The average Bonchev–Trinajstić information content (AvgIpc) is 3.92. The van der Waals surface area contributed by atoms with Gasteiger partial charge in [0, 0.05) is 59.9 Å². The number of carbonyl (C=O) groups is 1. The van der Waals surface area contributed by atoms with Crippen molar-refractivity contribution in [2.45, 2.75) is 78.6 Å². The summed E-state index contributed by atoms with van der Waals surface area (Å²) in [7, 11) is 0. The van der Waals surface area contributed by atoms with Crippen LogP contribution in [0.15, 0.2) is 69.5 Å². The van der Waals surface area contributed by atoms with Gasteiger partial charge in [0.05, 0.1) is 5.60 Å². The van der Waals surface area contributed by atoms with Crippen molar-refractivity contribution in [3.05, 3.63) is 82.9 Å². The number of rotatable bonds is 13. The zero-order valence-electron chi connectivity index (χ0n) is 32.3. The Labute approximate surface area is 330 Å². The SMILES string of the molecule is Cc1c(-c2nc3cc(COC(=O)[C@@H]4CCCN4)c(OC(F)F)cc3o2)cccc1-c1cccc(-c2nc3cc(CN4CC(C(C)(C)O)C4)c(OC(F)F)cc3o2)c1C. The van der Waals surface area contributed by atoms with Gasteiger partial charge in [-0.3, -0.25) is 9.69 Å². The normalized spacial score (nSPS) is 16.5. The molecule has 6 aromatic rings. The first-order chi connectivity index (χ1) is 27.7. The Morgan fingerprint density at radius 1 is 0.845 bits per heavy atom. The van der Waals surface area contributed by atoms with Crippen LogP contribution in [-0.2, 0) is 22.7 Å². The fourth-order valence-electron chi connectivity index (χ4n) is 7.72. The fourth-order valence-corrected chi connectivity index (χ4v) is 7.72. The van der Waals surface area contributed by atoms with E-state index >= 15 is 0 Å². The predicted molar refractivity (Wildman–Crippen MR) is 207 cm³/mol. The van der Waals surface area contributed by atoms with Crippen LogP contribution in [0.25, 0.3) is 56.2 Å². The van der Waals surface area contributed by atoms with E-state index < -0.39 is 30.8 Å². The van der Waals surface area contributed by atoms with E-state index in [9.17, 15) is 27.5 Å². The third-order valence-corrected chi connectivity index (χ3v) is 11.1. The molecule has 58 heavy (non-hydrogen) atoms. The second-order valence-electron chi connectivity index (χ2n) is 15.4. The van der Waals surface area contributed by atoms with Crippen LogP contribution in [0.3, 0.4) is 0 Å². The molecule has 15 heteroatoms. The van der Waals surface area contributed by atoms with E-state index in [1.54, 1.807) is 19.9 Å². The Kier molecular flexibility index (Phi) is 10.6. The van der Waals surface area contributed by atoms with Gasteiger partial charge in [-0.05, 0) is 93.6 Å². The van der Waals surface area contributed by atoms with Crippen LogP contribution in [0.4, 0.5) is 17.6 Å². The van der Waals surface area contributed by atoms with E-state index in [-0.39, 0.29) is 41.1 Å². The van der Waals surface area contributed by atoms with Crippen LogP contribution in [0.1, 0.15) is 48.9 Å². The van der Waals surface area contributed by atoms with Gasteiger partial charge in [-0.15, -0.1) is 0 Å². The molecule has 4 heterocycles. The highest BCUT2D eigenvalue weighted by molar-refractivity contribution is 5.85. The van der Waals surface area contributed by atoms with Crippen molar-refractivity contribution in [1.29, 1.82) is 0 Å². The number of ether oxygens (including phenoxy) is 3. The van der Waals surface area contributed by atoms with Crippen molar-refractivity contribution in [2.24, 2.45) is 5.92 Å². The summed E-state index contributed by atoms with van der Waals surface area (Å²) in [5.74, 6) is -0.0174. The molecule has 2 aromatic heterocycles. The number of nitrogens with zero attached hydrogens (tertiary/aromatic N) is 3. The molecule has 2 saturated heterocycles. The maximum Gasteiger partial charge on any atom is 0.387 e. The minimum absolute atomic E-state index is 0.00307. The molecule has 2 aliphatic rings. The zero-order valence-corrected chi connectivity index (χ0v) is 32.3. The van der Waals surface area contributed by atoms with E-state index in [2.05, 4.69) is 10.2 Å². The van der Waals surface area contributed by atoms with Crippen molar-refractivity contribution < 1.29 is 50.5 Å². The van der Waals surface area contributed by atoms with Crippen LogP contribution < -0.4 is 14.8 Å². The number of likely N-dealkylation sites (tertiary alicyclic amines) is 1. The van der Waals surface area contributed by atoms with Gasteiger partial charge >= 0.3 is 19.2 Å². The van der Waals surface area contributed by atoms with Crippen LogP contribution >= 0.6 is 0 Å². The second-order valence-corrected chi connectivity index (χ2v) is 15.4. The summed E-state index contributed by atoms with van der Waals surface area (Å²) in [6, 6.07) is 16.9. The number of benzene rings is 4. The molecular formula is C43H42F4N4O7. The maximum atomic E-state index is 13.5. The number of esters is 1. The van der Waals surface area contributed by atoms with Gasteiger partial charge in [0.2, 0.25) is 11.8 Å². The molecule has 0 spiro atoms. The quantitative estimate of drug-likeness (QED) is 0.0858. The Morgan fingerprint density at radius 2 is 1.36 bits per heavy atom. The molecular weight excluding hydrogens is 760 g/mol. The van der Waals surface area contributed by atoms with E-state index in [0.717, 1.165) is 28.7 Å². The minimum Gasteiger partial charge on any atom is -0.460 e. The standard InChI is InChI=1S/C43H42F4N4O7/c1-22-27(8-5-10-29(22)38-49-32-14-24(18-51-19-26(20-51)43(3,4)53)34(57-41(44)45)16-36(32)55-38)28-9-6-11-30(23(28)2)39-50-33-15-25(21-54-40(52)31-12-7-13-48-31)35(58-42(46)47)17-37(33)56-39/h5-6,8-11,14-17,26,31,41-42,48,53H,7,12-13,18-21H2,1-4H3/t31-/m0/s1. The Bertz CT molecular complexity index is 2480. The third kappa shape index (κ3) is 7.98. The smallest absolute Gasteiger partial charge is 0.387 e. The predicted octanol–water partition coefficient (Wildman–Crippen LogP) is 8.79. The monoisotopic (exact) mass is 802 g/mol. The first-order valence-corrected chi connectivity index (χ1v) is 19.0. The highest BCUT2D eigenvalue weighted by Gasteiger charge is 2.37. The van der Waals surface area contributed by atoms with Gasteiger partial charge in [0.1, 0.15) is 35.2 Å². The van der Waals surface area contributed by atoms with E-state index in [4.69, 9.17) is 33.0 Å². The molecule has 0 amide bonds. The summed E-state index contributed by atoms with van der Waals surface area (Å²) < 4.78 is 81.3. The lowest BCUT2D eigenvalue weighted by molar-refractivity contribution is -0.147. The molecule has 304 valence electrons. The zero-order chi connectivity index (χ0) is 40.9. The van der Waals surface area contributed by atoms with Crippen LogP contribution in [-0.4, -0.2) is 70.4 Å². The molecule has 2 aliphatic heterocycles. The van der Waals surface area contributed by atoms with E-state index in [0.29, 0.717) is 71.8 Å².